The van der Waals surface area contributed by atoms with Gasteiger partial charge in [-0.15, -0.1) is 0 Å². The second kappa shape index (κ2) is 8.37. The van der Waals surface area contributed by atoms with E-state index in [0.29, 0.717) is 52.9 Å². The molecule has 3 aromatic heterocycles. The molecular weight excluding hydrogens is 398 g/mol. The predicted molar refractivity (Wildman–Crippen MR) is 116 cm³/mol. The average Bonchev–Trinajstić information content (AvgIpc) is 3.22. The molecule has 4 aromatic rings. The summed E-state index contributed by atoms with van der Waals surface area (Å²) in [6, 6.07) is 5.07. The van der Waals surface area contributed by atoms with Crippen molar-refractivity contribution in [2.75, 3.05) is 0 Å². The van der Waals surface area contributed by atoms with E-state index in [2.05, 4.69) is 15.1 Å². The molecule has 31 heavy (non-hydrogen) atoms. The quantitative estimate of drug-likeness (QED) is 0.476. The van der Waals surface area contributed by atoms with Gasteiger partial charge >= 0.3 is 0 Å². The Balaban J connectivity index is 1.97. The van der Waals surface area contributed by atoms with Crippen molar-refractivity contribution in [3.05, 3.63) is 65.0 Å². The summed E-state index contributed by atoms with van der Waals surface area (Å²) in [6.45, 7) is 6.14. The van der Waals surface area contributed by atoms with E-state index in [1.54, 1.807) is 35.3 Å². The summed E-state index contributed by atoms with van der Waals surface area (Å²) < 4.78 is 33.5. The molecule has 0 radical (unpaired) electrons. The Morgan fingerprint density at radius 3 is 2.29 bits per heavy atom. The molecule has 0 saturated heterocycles. The van der Waals surface area contributed by atoms with E-state index in [0.717, 1.165) is 5.56 Å². The minimum atomic E-state index is -0.616. The maximum Gasteiger partial charge on any atom is 0.160 e. The number of halogens is 2. The number of nitrogens with zero attached hydrogens (tertiary/aromatic N) is 6. The number of hydrogen-bond acceptors (Lipinski definition) is 4. The third-order valence-corrected chi connectivity index (χ3v) is 5.34. The maximum atomic E-state index is 15.0. The van der Waals surface area contributed by atoms with E-state index in [1.807, 2.05) is 38.6 Å². The summed E-state index contributed by atoms with van der Waals surface area (Å²) in [6.07, 6.45) is 6.19. The van der Waals surface area contributed by atoms with Gasteiger partial charge in [0, 0.05) is 25.4 Å². The van der Waals surface area contributed by atoms with Gasteiger partial charge < -0.3 is 4.57 Å². The fourth-order valence-corrected chi connectivity index (χ4v) is 3.62. The molecule has 6 nitrogen and oxygen atoms in total. The monoisotopic (exact) mass is 422 g/mol. The van der Waals surface area contributed by atoms with Crippen molar-refractivity contribution in [1.29, 1.82) is 0 Å². The van der Waals surface area contributed by atoms with E-state index >= 15 is 0 Å². The summed E-state index contributed by atoms with van der Waals surface area (Å²) >= 11 is 0. The van der Waals surface area contributed by atoms with Crippen molar-refractivity contribution in [2.45, 2.75) is 40.2 Å². The minimum Gasteiger partial charge on any atom is -0.309 e. The molecule has 0 spiro atoms. The molecule has 0 aliphatic heterocycles. The number of aromatic nitrogens is 5. The highest BCUT2D eigenvalue weighted by molar-refractivity contribution is 5.73. The van der Waals surface area contributed by atoms with E-state index in [9.17, 15) is 8.78 Å². The number of rotatable bonds is 5. The lowest BCUT2D eigenvalue weighted by Gasteiger charge is -2.12. The molecule has 0 bridgehead atoms. The maximum absolute atomic E-state index is 15.0. The smallest absolute Gasteiger partial charge is 0.160 e. The van der Waals surface area contributed by atoms with Crippen molar-refractivity contribution < 1.29 is 8.78 Å². The summed E-state index contributed by atoms with van der Waals surface area (Å²) in [5, 5.41) is 4.18. The molecule has 1 aromatic carbocycles. The van der Waals surface area contributed by atoms with Crippen LogP contribution in [0, 0.1) is 11.6 Å². The van der Waals surface area contributed by atoms with Crippen LogP contribution < -0.4 is 5.49 Å². The fourth-order valence-electron chi connectivity index (χ4n) is 3.62. The third-order valence-electron chi connectivity index (χ3n) is 5.34. The van der Waals surface area contributed by atoms with Crippen LogP contribution in [0.5, 0.6) is 0 Å². The highest BCUT2D eigenvalue weighted by atomic mass is 19.1. The van der Waals surface area contributed by atoms with Gasteiger partial charge in [-0.1, -0.05) is 13.8 Å². The van der Waals surface area contributed by atoms with Crippen LogP contribution >= 0.6 is 0 Å². The van der Waals surface area contributed by atoms with Gasteiger partial charge in [0.25, 0.3) is 0 Å². The standard InChI is InChI=1S/C23H24F2N6/c1-5-14-10-15(6-2)21(25)22(20(14)24)29-19-9-8-17-23(31(19)7-3)28-18(12-26-17)16-11-27-30(4)13-16/h8-13H,5-7H2,1-4H3. The van der Waals surface area contributed by atoms with Gasteiger partial charge in [-0.05, 0) is 49.1 Å². The second-order valence-corrected chi connectivity index (χ2v) is 7.29. The predicted octanol–water partition coefficient (Wildman–Crippen LogP) is 4.49. The fraction of sp³-hybridized carbons (Fsp3) is 0.304. The van der Waals surface area contributed by atoms with Crippen LogP contribution in [0.25, 0.3) is 22.4 Å². The summed E-state index contributed by atoms with van der Waals surface area (Å²) in [4.78, 5) is 13.7. The molecule has 0 fully saturated rings. The zero-order chi connectivity index (χ0) is 22.1. The molecule has 0 atom stereocenters. The van der Waals surface area contributed by atoms with Gasteiger partial charge in [-0.2, -0.15) is 5.10 Å². The lowest BCUT2D eigenvalue weighted by Crippen LogP contribution is -2.21. The number of pyridine rings is 1. The van der Waals surface area contributed by atoms with E-state index in [4.69, 9.17) is 4.98 Å². The molecule has 0 N–H and O–H groups in total. The molecule has 0 unspecified atom stereocenters. The van der Waals surface area contributed by atoms with Crippen molar-refractivity contribution >= 4 is 16.9 Å². The Morgan fingerprint density at radius 2 is 1.71 bits per heavy atom. The molecule has 8 heteroatoms. The van der Waals surface area contributed by atoms with E-state index in [1.165, 1.54) is 0 Å². The zero-order valence-electron chi connectivity index (χ0n) is 18.0. The van der Waals surface area contributed by atoms with Gasteiger partial charge in [0.1, 0.15) is 16.7 Å². The zero-order valence-corrected chi connectivity index (χ0v) is 18.0. The Bertz CT molecular complexity index is 1310. The van der Waals surface area contributed by atoms with Crippen LogP contribution in [0.15, 0.2) is 41.8 Å². The van der Waals surface area contributed by atoms with Crippen LogP contribution in [0.4, 0.5) is 14.5 Å². The SMILES string of the molecule is CCc1cc(CC)c(F)c(N=c2ccc3ncc(-c4cnn(C)c4)nc3n2CC)c1F. The molecule has 0 saturated carbocycles. The Hall–Kier alpha value is -3.42. The highest BCUT2D eigenvalue weighted by Gasteiger charge is 2.17. The first kappa shape index (κ1) is 20.8. The number of fused-ring (bicyclic) bond motifs is 1. The van der Waals surface area contributed by atoms with Crippen LogP contribution in [0.1, 0.15) is 31.9 Å². The van der Waals surface area contributed by atoms with Gasteiger partial charge in [0.15, 0.2) is 17.3 Å². The van der Waals surface area contributed by atoms with Gasteiger partial charge in [0.05, 0.1) is 18.1 Å². The van der Waals surface area contributed by atoms with E-state index < -0.39 is 11.6 Å². The molecule has 160 valence electrons. The first-order valence-corrected chi connectivity index (χ1v) is 10.4. The second-order valence-electron chi connectivity index (χ2n) is 7.29. The van der Waals surface area contributed by atoms with Crippen molar-refractivity contribution in [3.63, 3.8) is 0 Å². The normalized spacial score (nSPS) is 12.1. The van der Waals surface area contributed by atoms with Gasteiger partial charge in [0.2, 0.25) is 0 Å². The van der Waals surface area contributed by atoms with Crippen LogP contribution in [-0.4, -0.2) is 24.3 Å². The van der Waals surface area contributed by atoms with E-state index in [-0.39, 0.29) is 5.69 Å². The molecule has 0 amide bonds. The number of aryl methyl sites for hydroxylation is 4. The van der Waals surface area contributed by atoms with Crippen molar-refractivity contribution in [2.24, 2.45) is 12.0 Å². The van der Waals surface area contributed by atoms with Crippen LogP contribution in [-0.2, 0) is 26.4 Å². The minimum absolute atomic E-state index is 0.255. The van der Waals surface area contributed by atoms with Crippen LogP contribution in [0.2, 0.25) is 0 Å². The van der Waals surface area contributed by atoms with Crippen molar-refractivity contribution in [3.8, 4) is 11.3 Å². The first-order valence-electron chi connectivity index (χ1n) is 10.4. The Labute approximate surface area is 178 Å². The number of hydrogen-bond donors (Lipinski definition) is 0. The molecule has 0 aliphatic rings. The first-order chi connectivity index (χ1) is 15.0. The van der Waals surface area contributed by atoms with Gasteiger partial charge in [-0.3, -0.25) is 9.67 Å². The summed E-state index contributed by atoms with van der Waals surface area (Å²) in [5.74, 6) is -1.23. The van der Waals surface area contributed by atoms with Gasteiger partial charge in [-0.25, -0.2) is 18.8 Å². The molecule has 0 aliphatic carbocycles. The molecule has 4 rings (SSSR count). The lowest BCUT2D eigenvalue weighted by atomic mass is 10.0. The summed E-state index contributed by atoms with van der Waals surface area (Å²) in [7, 11) is 1.83. The van der Waals surface area contributed by atoms with Crippen LogP contribution in [0.3, 0.4) is 0 Å². The highest BCUT2D eigenvalue weighted by Crippen LogP contribution is 2.29. The largest absolute Gasteiger partial charge is 0.309 e. The number of benzene rings is 1. The Morgan fingerprint density at radius 1 is 1.00 bits per heavy atom. The Kier molecular flexibility index (Phi) is 5.63. The lowest BCUT2D eigenvalue weighted by molar-refractivity contribution is 0.566. The third kappa shape index (κ3) is 3.73. The average molecular weight is 422 g/mol. The molecule has 3 heterocycles. The van der Waals surface area contributed by atoms with Crippen molar-refractivity contribution in [1.82, 2.24) is 24.3 Å². The summed E-state index contributed by atoms with van der Waals surface area (Å²) in [5.41, 5.74) is 3.84. The topological polar surface area (TPSA) is 60.9 Å². The molecular formula is C23H24F2N6.